The van der Waals surface area contributed by atoms with Crippen LogP contribution in [-0.2, 0) is 0 Å². The highest BCUT2D eigenvalue weighted by atomic mass is 79.9. The minimum Gasteiger partial charge on any atom is -0.423 e. The fraction of sp³-hybridized carbons (Fsp3) is 0.0244. The van der Waals surface area contributed by atoms with E-state index in [1.807, 2.05) is 12.1 Å². The van der Waals surface area contributed by atoms with E-state index in [4.69, 9.17) is 21.5 Å². The summed E-state index contributed by atoms with van der Waals surface area (Å²) in [5.74, 6) is 0. The van der Waals surface area contributed by atoms with E-state index in [9.17, 15) is 0 Å². The van der Waals surface area contributed by atoms with Crippen molar-refractivity contribution in [1.29, 1.82) is 0 Å². The number of rotatable bonds is 2. The summed E-state index contributed by atoms with van der Waals surface area (Å²) in [5, 5.41) is 27.6. The summed E-state index contributed by atoms with van der Waals surface area (Å²) in [6.45, 7) is 0. The lowest BCUT2D eigenvalue weighted by molar-refractivity contribution is 0.426. The molecule has 0 aliphatic heterocycles. The fourth-order valence-electron chi connectivity index (χ4n) is 5.63. The van der Waals surface area contributed by atoms with E-state index in [2.05, 4.69) is 137 Å². The van der Waals surface area contributed by atoms with Crippen LogP contribution in [0.3, 0.4) is 0 Å². The van der Waals surface area contributed by atoms with Gasteiger partial charge in [-0.05, 0) is 96.1 Å². The molecule has 8 aromatic rings. The first-order valence-corrected chi connectivity index (χ1v) is 15.7. The second-order valence-electron chi connectivity index (χ2n) is 11.0. The standard InChI is InChI=1S/C20H15N.C14H9Br.C6H8BNO2.CH4/c21-16-11-9-14(10-12-16)20-13-15-5-1-2-6-17(15)18-7-3-4-8-19(18)20;15-14-9-10-5-1-2-6-11(10)12-7-3-4-8-13(12)14;8-6-3-1-5(2-4-6)7(9)10;/h1-13H,21H2;1-9H;1-4,9-10H,8H2;1H4. The first kappa shape index (κ1) is 33.2. The topological polar surface area (TPSA) is 92.5 Å². The SMILES string of the molecule is Brc1cc2ccccc2c2ccccc12.C.Nc1ccc(-c2cc3ccccc3c3ccccc23)cc1.Nc1ccc(B(O)O)cc1. The van der Waals surface area contributed by atoms with Crippen molar-refractivity contribution in [2.45, 2.75) is 7.43 Å². The van der Waals surface area contributed by atoms with Gasteiger partial charge in [-0.15, -0.1) is 0 Å². The summed E-state index contributed by atoms with van der Waals surface area (Å²) in [4.78, 5) is 0. The highest BCUT2D eigenvalue weighted by Crippen LogP contribution is 2.35. The minimum atomic E-state index is -1.40. The molecule has 6 heteroatoms. The number of halogens is 1. The van der Waals surface area contributed by atoms with E-state index in [-0.39, 0.29) is 7.43 Å². The van der Waals surface area contributed by atoms with Gasteiger partial charge >= 0.3 is 7.12 Å². The Morgan fingerprint density at radius 1 is 0.447 bits per heavy atom. The molecule has 0 bridgehead atoms. The number of anilines is 2. The zero-order valence-electron chi connectivity index (χ0n) is 25.0. The molecule has 6 N–H and O–H groups in total. The lowest BCUT2D eigenvalue weighted by Gasteiger charge is -2.11. The largest absolute Gasteiger partial charge is 0.488 e. The molecule has 0 saturated heterocycles. The second kappa shape index (κ2) is 15.0. The van der Waals surface area contributed by atoms with Gasteiger partial charge in [0.15, 0.2) is 0 Å². The Hall–Kier alpha value is -5.14. The summed E-state index contributed by atoms with van der Waals surface area (Å²) in [6, 6.07) is 53.0. The van der Waals surface area contributed by atoms with Crippen molar-refractivity contribution in [1.82, 2.24) is 0 Å². The average Bonchev–Trinajstić information content (AvgIpc) is 3.09. The third kappa shape index (κ3) is 7.48. The van der Waals surface area contributed by atoms with Crippen LogP contribution >= 0.6 is 15.9 Å². The number of nitrogens with two attached hydrogens (primary N) is 2. The number of nitrogen functional groups attached to an aromatic ring is 2. The summed E-state index contributed by atoms with van der Waals surface area (Å²) >= 11 is 3.62. The Bertz CT molecular complexity index is 2270. The fourth-order valence-corrected chi connectivity index (χ4v) is 6.22. The third-order valence-electron chi connectivity index (χ3n) is 7.94. The predicted molar refractivity (Wildman–Crippen MR) is 208 cm³/mol. The molecule has 47 heavy (non-hydrogen) atoms. The first-order valence-electron chi connectivity index (χ1n) is 14.9. The molecule has 4 nitrogen and oxygen atoms in total. The van der Waals surface area contributed by atoms with Gasteiger partial charge in [0.2, 0.25) is 0 Å². The van der Waals surface area contributed by atoms with E-state index >= 15 is 0 Å². The van der Waals surface area contributed by atoms with Gasteiger partial charge in [-0.25, -0.2) is 0 Å². The number of fused-ring (bicyclic) bond motifs is 6. The molecule has 0 heterocycles. The molecule has 0 spiro atoms. The van der Waals surface area contributed by atoms with E-state index in [1.54, 1.807) is 24.3 Å². The maximum Gasteiger partial charge on any atom is 0.488 e. The number of hydrogen-bond acceptors (Lipinski definition) is 4. The van der Waals surface area contributed by atoms with E-state index in [0.29, 0.717) is 11.2 Å². The van der Waals surface area contributed by atoms with Crippen LogP contribution in [0, 0.1) is 0 Å². The Morgan fingerprint density at radius 2 is 0.851 bits per heavy atom. The van der Waals surface area contributed by atoms with Crippen LogP contribution in [0.1, 0.15) is 7.43 Å². The molecule has 0 radical (unpaired) electrons. The highest BCUT2D eigenvalue weighted by molar-refractivity contribution is 9.10. The lowest BCUT2D eigenvalue weighted by atomic mass is 9.80. The number of benzene rings is 8. The second-order valence-corrected chi connectivity index (χ2v) is 11.8. The quantitative estimate of drug-likeness (QED) is 0.0832. The van der Waals surface area contributed by atoms with E-state index in [1.165, 1.54) is 54.2 Å². The summed E-state index contributed by atoms with van der Waals surface area (Å²) in [6.07, 6.45) is 0. The molecule has 8 rings (SSSR count). The number of hydrogen-bond donors (Lipinski definition) is 4. The summed E-state index contributed by atoms with van der Waals surface area (Å²) < 4.78 is 1.16. The molecule has 0 aliphatic carbocycles. The van der Waals surface area contributed by atoms with Gasteiger partial charge < -0.3 is 21.5 Å². The summed E-state index contributed by atoms with van der Waals surface area (Å²) in [5.41, 5.74) is 15.5. The third-order valence-corrected chi connectivity index (χ3v) is 8.60. The van der Waals surface area contributed by atoms with Gasteiger partial charge in [0, 0.05) is 15.8 Å². The van der Waals surface area contributed by atoms with Gasteiger partial charge in [-0.1, -0.05) is 145 Å². The zero-order chi connectivity index (χ0) is 32.0. The Balaban J connectivity index is 0.000000147. The molecule has 0 atom stereocenters. The van der Waals surface area contributed by atoms with E-state index < -0.39 is 7.12 Å². The molecule has 232 valence electrons. The van der Waals surface area contributed by atoms with Crippen molar-refractivity contribution in [3.8, 4) is 11.1 Å². The zero-order valence-corrected chi connectivity index (χ0v) is 26.6. The van der Waals surface area contributed by atoms with Crippen molar-refractivity contribution >= 4 is 83.0 Å². The molecular weight excluding hydrogens is 643 g/mol. The maximum absolute atomic E-state index is 8.63. The van der Waals surface area contributed by atoms with Gasteiger partial charge in [0.1, 0.15) is 0 Å². The van der Waals surface area contributed by atoms with Crippen molar-refractivity contribution in [3.05, 3.63) is 162 Å². The average molecular weight is 679 g/mol. The maximum atomic E-state index is 8.63. The van der Waals surface area contributed by atoms with Crippen molar-refractivity contribution < 1.29 is 10.0 Å². The molecule has 0 saturated carbocycles. The van der Waals surface area contributed by atoms with Crippen molar-refractivity contribution in [3.63, 3.8) is 0 Å². The molecule has 0 aromatic heterocycles. The monoisotopic (exact) mass is 678 g/mol. The Labute approximate surface area is 284 Å². The molecule has 0 unspecified atom stereocenters. The molecule has 0 amide bonds. The van der Waals surface area contributed by atoms with Crippen LogP contribution in [0.2, 0.25) is 0 Å². The predicted octanol–water partition coefficient (Wildman–Crippen LogP) is 9.58. The molecule has 8 aromatic carbocycles. The molecular formula is C41H36BBrN2O2. The van der Waals surface area contributed by atoms with Crippen LogP contribution in [0.25, 0.3) is 54.2 Å². The summed E-state index contributed by atoms with van der Waals surface area (Å²) in [7, 11) is -1.40. The lowest BCUT2D eigenvalue weighted by Crippen LogP contribution is -2.29. The Morgan fingerprint density at radius 3 is 1.38 bits per heavy atom. The normalized spacial score (nSPS) is 10.4. The van der Waals surface area contributed by atoms with Gasteiger partial charge in [-0.2, -0.15) is 0 Å². The van der Waals surface area contributed by atoms with Crippen LogP contribution in [0.4, 0.5) is 11.4 Å². The van der Waals surface area contributed by atoms with Crippen LogP contribution in [-0.4, -0.2) is 17.2 Å². The Kier molecular flexibility index (Phi) is 10.6. The van der Waals surface area contributed by atoms with Crippen LogP contribution < -0.4 is 16.9 Å². The van der Waals surface area contributed by atoms with E-state index in [0.717, 1.165) is 10.2 Å². The molecule has 0 aliphatic rings. The van der Waals surface area contributed by atoms with Gasteiger partial charge in [0.25, 0.3) is 0 Å². The first-order chi connectivity index (χ1) is 22.4. The van der Waals surface area contributed by atoms with Gasteiger partial charge in [-0.3, -0.25) is 0 Å². The van der Waals surface area contributed by atoms with Crippen LogP contribution in [0.5, 0.6) is 0 Å². The van der Waals surface area contributed by atoms with Crippen molar-refractivity contribution in [2.75, 3.05) is 11.5 Å². The highest BCUT2D eigenvalue weighted by Gasteiger charge is 2.09. The van der Waals surface area contributed by atoms with Crippen molar-refractivity contribution in [2.24, 2.45) is 0 Å². The smallest absolute Gasteiger partial charge is 0.423 e. The molecule has 0 fully saturated rings. The van der Waals surface area contributed by atoms with Crippen LogP contribution in [0.15, 0.2) is 162 Å². The minimum absolute atomic E-state index is 0. The van der Waals surface area contributed by atoms with Gasteiger partial charge in [0.05, 0.1) is 0 Å².